The van der Waals surface area contributed by atoms with Crippen molar-refractivity contribution in [1.82, 2.24) is 5.32 Å². The van der Waals surface area contributed by atoms with Crippen molar-refractivity contribution in [2.45, 2.75) is 25.7 Å². The van der Waals surface area contributed by atoms with E-state index in [1.165, 1.54) is 0 Å². The van der Waals surface area contributed by atoms with Crippen LogP contribution in [-0.4, -0.2) is 25.7 Å². The van der Waals surface area contributed by atoms with E-state index in [4.69, 9.17) is 9.47 Å². The molecule has 0 bridgehead atoms. The molecular weight excluding hydrogens is 310 g/mol. The van der Waals surface area contributed by atoms with Crippen molar-refractivity contribution in [2.75, 3.05) is 19.8 Å². The predicted octanol–water partition coefficient (Wildman–Crippen LogP) is 3.16. The molecule has 5 heteroatoms. The second-order valence-electron chi connectivity index (χ2n) is 6.28. The number of ether oxygens (including phenoxy) is 2. The minimum absolute atomic E-state index is 0.0538. The van der Waals surface area contributed by atoms with E-state index in [-0.39, 0.29) is 11.3 Å². The number of fused-ring (bicyclic) bond motifs is 1. The molecule has 122 valence electrons. The van der Waals surface area contributed by atoms with Gasteiger partial charge < -0.3 is 14.8 Å². The zero-order valence-corrected chi connectivity index (χ0v) is 14.2. The lowest BCUT2D eigenvalue weighted by Crippen LogP contribution is -2.37. The lowest BCUT2D eigenvalue weighted by molar-refractivity contribution is -0.120. The number of thiophene rings is 1. The van der Waals surface area contributed by atoms with Gasteiger partial charge in [0.15, 0.2) is 11.5 Å². The standard InChI is InChI=1S/C18H21NO3S/c1-18(2,12-19-17(20)11-14-4-3-9-23-14)13-5-6-15-16(10-13)22-8-7-21-15/h3-6,9-10H,7-8,11-12H2,1-2H3,(H,19,20). The van der Waals surface area contributed by atoms with Gasteiger partial charge in [0.1, 0.15) is 13.2 Å². The minimum Gasteiger partial charge on any atom is -0.486 e. The number of hydrogen-bond acceptors (Lipinski definition) is 4. The first-order chi connectivity index (χ1) is 11.0. The van der Waals surface area contributed by atoms with Gasteiger partial charge in [0.25, 0.3) is 0 Å². The van der Waals surface area contributed by atoms with E-state index in [0.29, 0.717) is 26.2 Å². The summed E-state index contributed by atoms with van der Waals surface area (Å²) in [5, 5.41) is 5.02. The van der Waals surface area contributed by atoms with Crippen molar-refractivity contribution in [2.24, 2.45) is 0 Å². The third-order valence-corrected chi connectivity index (χ3v) is 4.84. The first-order valence-corrected chi connectivity index (χ1v) is 8.62. The Bertz CT molecular complexity index is 680. The van der Waals surface area contributed by atoms with Crippen LogP contribution in [0.1, 0.15) is 24.3 Å². The van der Waals surface area contributed by atoms with E-state index in [9.17, 15) is 4.79 Å². The fourth-order valence-corrected chi connectivity index (χ4v) is 3.22. The smallest absolute Gasteiger partial charge is 0.225 e. The molecule has 2 heterocycles. The van der Waals surface area contributed by atoms with Gasteiger partial charge in [-0.25, -0.2) is 0 Å². The first-order valence-electron chi connectivity index (χ1n) is 7.74. The van der Waals surface area contributed by atoms with Gasteiger partial charge in [-0.05, 0) is 29.1 Å². The topological polar surface area (TPSA) is 47.6 Å². The first kappa shape index (κ1) is 15.9. The molecular formula is C18H21NO3S. The molecule has 0 saturated heterocycles. The van der Waals surface area contributed by atoms with E-state index in [1.54, 1.807) is 11.3 Å². The van der Waals surface area contributed by atoms with Crippen molar-refractivity contribution in [3.8, 4) is 11.5 Å². The predicted molar refractivity (Wildman–Crippen MR) is 91.5 cm³/mol. The average Bonchev–Trinajstić information content (AvgIpc) is 3.05. The summed E-state index contributed by atoms with van der Waals surface area (Å²) in [6, 6.07) is 9.94. The Hall–Kier alpha value is -2.01. The van der Waals surface area contributed by atoms with Crippen LogP contribution in [0.15, 0.2) is 35.7 Å². The van der Waals surface area contributed by atoms with Gasteiger partial charge in [-0.15, -0.1) is 11.3 Å². The van der Waals surface area contributed by atoms with Gasteiger partial charge in [0.2, 0.25) is 5.91 Å². The molecule has 1 aromatic carbocycles. The monoisotopic (exact) mass is 331 g/mol. The summed E-state index contributed by atoms with van der Waals surface area (Å²) in [6.07, 6.45) is 0.439. The molecule has 0 fully saturated rings. The fourth-order valence-electron chi connectivity index (χ4n) is 2.52. The van der Waals surface area contributed by atoms with Gasteiger partial charge in [0, 0.05) is 16.8 Å². The van der Waals surface area contributed by atoms with Crippen molar-refractivity contribution in [3.05, 3.63) is 46.2 Å². The Labute approximate surface area is 140 Å². The summed E-state index contributed by atoms with van der Waals surface area (Å²) >= 11 is 1.61. The number of benzene rings is 1. The minimum atomic E-state index is -0.180. The number of amides is 1. The summed E-state index contributed by atoms with van der Waals surface area (Å²) in [6.45, 7) is 5.98. The van der Waals surface area contributed by atoms with Crippen LogP contribution in [0.25, 0.3) is 0 Å². The number of carbonyl (C=O) groups is 1. The fraction of sp³-hybridized carbons (Fsp3) is 0.389. The molecule has 0 aliphatic carbocycles. The molecule has 0 saturated carbocycles. The van der Waals surface area contributed by atoms with E-state index < -0.39 is 0 Å². The Morgan fingerprint density at radius 1 is 1.22 bits per heavy atom. The lowest BCUT2D eigenvalue weighted by atomic mass is 9.84. The Morgan fingerprint density at radius 3 is 2.74 bits per heavy atom. The third kappa shape index (κ3) is 3.85. The SMILES string of the molecule is CC(C)(CNC(=O)Cc1cccs1)c1ccc2c(c1)OCCO2. The normalized spacial score (nSPS) is 13.7. The van der Waals surface area contributed by atoms with Crippen molar-refractivity contribution in [1.29, 1.82) is 0 Å². The van der Waals surface area contributed by atoms with Crippen molar-refractivity contribution >= 4 is 17.2 Å². The third-order valence-electron chi connectivity index (χ3n) is 3.97. The molecule has 3 rings (SSSR count). The van der Waals surface area contributed by atoms with Gasteiger partial charge >= 0.3 is 0 Å². The number of nitrogens with one attached hydrogen (secondary N) is 1. The van der Waals surface area contributed by atoms with Crippen LogP contribution in [0, 0.1) is 0 Å². The molecule has 1 amide bonds. The van der Waals surface area contributed by atoms with Gasteiger partial charge in [-0.3, -0.25) is 4.79 Å². The second kappa shape index (κ2) is 6.62. The van der Waals surface area contributed by atoms with Crippen LogP contribution in [-0.2, 0) is 16.6 Å². The summed E-state index contributed by atoms with van der Waals surface area (Å²) in [7, 11) is 0. The highest BCUT2D eigenvalue weighted by Gasteiger charge is 2.24. The van der Waals surface area contributed by atoms with E-state index in [0.717, 1.165) is 21.9 Å². The van der Waals surface area contributed by atoms with E-state index in [2.05, 4.69) is 19.2 Å². The summed E-state index contributed by atoms with van der Waals surface area (Å²) in [4.78, 5) is 13.2. The zero-order chi connectivity index (χ0) is 16.3. The van der Waals surface area contributed by atoms with Crippen LogP contribution in [0.2, 0.25) is 0 Å². The molecule has 0 unspecified atom stereocenters. The molecule has 2 aromatic rings. The van der Waals surface area contributed by atoms with Crippen LogP contribution in [0.5, 0.6) is 11.5 Å². The molecule has 4 nitrogen and oxygen atoms in total. The van der Waals surface area contributed by atoms with Crippen molar-refractivity contribution < 1.29 is 14.3 Å². The molecule has 1 aliphatic heterocycles. The molecule has 23 heavy (non-hydrogen) atoms. The maximum absolute atomic E-state index is 12.1. The number of rotatable bonds is 5. The highest BCUT2D eigenvalue weighted by molar-refractivity contribution is 7.10. The maximum atomic E-state index is 12.1. The average molecular weight is 331 g/mol. The van der Waals surface area contributed by atoms with Gasteiger partial charge in [0.05, 0.1) is 6.42 Å². The molecule has 0 spiro atoms. The van der Waals surface area contributed by atoms with Gasteiger partial charge in [-0.1, -0.05) is 26.0 Å². The number of hydrogen-bond donors (Lipinski definition) is 1. The van der Waals surface area contributed by atoms with E-state index >= 15 is 0 Å². The molecule has 1 aromatic heterocycles. The zero-order valence-electron chi connectivity index (χ0n) is 13.4. The molecule has 1 aliphatic rings. The van der Waals surface area contributed by atoms with Crippen LogP contribution in [0.3, 0.4) is 0 Å². The summed E-state index contributed by atoms with van der Waals surface area (Å²) in [5.74, 6) is 1.63. The maximum Gasteiger partial charge on any atom is 0.225 e. The van der Waals surface area contributed by atoms with Gasteiger partial charge in [-0.2, -0.15) is 0 Å². The Balaban J connectivity index is 1.63. The van der Waals surface area contributed by atoms with Crippen molar-refractivity contribution in [3.63, 3.8) is 0 Å². The van der Waals surface area contributed by atoms with Crippen LogP contribution < -0.4 is 14.8 Å². The molecule has 1 N–H and O–H groups in total. The largest absolute Gasteiger partial charge is 0.486 e. The second-order valence-corrected chi connectivity index (χ2v) is 7.31. The highest BCUT2D eigenvalue weighted by Crippen LogP contribution is 2.34. The molecule has 0 radical (unpaired) electrons. The Morgan fingerprint density at radius 2 is 2.00 bits per heavy atom. The highest BCUT2D eigenvalue weighted by atomic mass is 32.1. The van der Waals surface area contributed by atoms with E-state index in [1.807, 2.05) is 35.7 Å². The number of carbonyl (C=O) groups excluding carboxylic acids is 1. The summed E-state index contributed by atoms with van der Waals surface area (Å²) in [5.41, 5.74) is 0.944. The van der Waals surface area contributed by atoms with Crippen LogP contribution >= 0.6 is 11.3 Å². The quantitative estimate of drug-likeness (QED) is 0.915. The molecule has 0 atom stereocenters. The lowest BCUT2D eigenvalue weighted by Gasteiger charge is -2.27. The summed E-state index contributed by atoms with van der Waals surface area (Å²) < 4.78 is 11.2. The van der Waals surface area contributed by atoms with Crippen LogP contribution in [0.4, 0.5) is 0 Å². The Kier molecular flexibility index (Phi) is 4.57.